The first-order chi connectivity index (χ1) is 14.1. The Labute approximate surface area is 170 Å². The molecule has 3 aromatic rings. The highest BCUT2D eigenvalue weighted by molar-refractivity contribution is 6.05. The van der Waals surface area contributed by atoms with Crippen LogP contribution in [0.25, 0.3) is 11.1 Å². The summed E-state index contributed by atoms with van der Waals surface area (Å²) in [4.78, 5) is 24.7. The second kappa shape index (κ2) is 6.89. The SMILES string of the molecule is CC1CC1C(=O)Nc1ccc(C(=O)Nc2ccc3c(c2)Cc2ccccc2-3)cc1. The van der Waals surface area contributed by atoms with Crippen molar-refractivity contribution in [3.05, 3.63) is 83.4 Å². The Hall–Kier alpha value is -3.40. The first-order valence-electron chi connectivity index (χ1n) is 10.0. The van der Waals surface area contributed by atoms with Gasteiger partial charge >= 0.3 is 0 Å². The Kier molecular flexibility index (Phi) is 4.20. The van der Waals surface area contributed by atoms with Gasteiger partial charge in [0.1, 0.15) is 0 Å². The van der Waals surface area contributed by atoms with Crippen molar-refractivity contribution in [3.63, 3.8) is 0 Å². The predicted octanol–water partition coefficient (Wildman–Crippen LogP) is 5.10. The average molecular weight is 382 g/mol. The molecule has 2 atom stereocenters. The third kappa shape index (κ3) is 3.42. The normalized spacial score (nSPS) is 18.5. The van der Waals surface area contributed by atoms with Crippen LogP contribution in [0.4, 0.5) is 11.4 Å². The molecule has 2 N–H and O–H groups in total. The van der Waals surface area contributed by atoms with Gasteiger partial charge in [-0.1, -0.05) is 37.3 Å². The number of fused-ring (bicyclic) bond motifs is 3. The van der Waals surface area contributed by atoms with Crippen LogP contribution in [0.3, 0.4) is 0 Å². The minimum atomic E-state index is -0.158. The van der Waals surface area contributed by atoms with Crippen LogP contribution in [0, 0.1) is 11.8 Å². The highest BCUT2D eigenvalue weighted by Crippen LogP contribution is 2.39. The molecule has 3 aromatic carbocycles. The van der Waals surface area contributed by atoms with E-state index >= 15 is 0 Å². The van der Waals surface area contributed by atoms with Crippen LogP contribution < -0.4 is 10.6 Å². The van der Waals surface area contributed by atoms with E-state index in [0.29, 0.717) is 11.5 Å². The van der Waals surface area contributed by atoms with Crippen molar-refractivity contribution in [2.75, 3.05) is 10.6 Å². The van der Waals surface area contributed by atoms with Crippen LogP contribution in [0.2, 0.25) is 0 Å². The number of rotatable bonds is 4. The summed E-state index contributed by atoms with van der Waals surface area (Å²) in [6, 6.07) is 21.5. The van der Waals surface area contributed by atoms with E-state index in [0.717, 1.165) is 24.2 Å². The molecule has 29 heavy (non-hydrogen) atoms. The Morgan fingerprint density at radius 1 is 0.828 bits per heavy atom. The smallest absolute Gasteiger partial charge is 0.255 e. The summed E-state index contributed by atoms with van der Waals surface area (Å²) < 4.78 is 0. The zero-order valence-electron chi connectivity index (χ0n) is 16.2. The van der Waals surface area contributed by atoms with Gasteiger partial charge in [0.2, 0.25) is 5.91 Å². The van der Waals surface area contributed by atoms with E-state index in [1.165, 1.54) is 22.3 Å². The van der Waals surface area contributed by atoms with E-state index in [9.17, 15) is 9.59 Å². The Morgan fingerprint density at radius 2 is 1.52 bits per heavy atom. The van der Waals surface area contributed by atoms with E-state index in [-0.39, 0.29) is 17.7 Å². The molecule has 144 valence electrons. The first kappa shape index (κ1) is 17.7. The molecule has 0 aliphatic heterocycles. The molecule has 2 aliphatic rings. The van der Waals surface area contributed by atoms with Crippen molar-refractivity contribution in [1.82, 2.24) is 0 Å². The van der Waals surface area contributed by atoms with Crippen LogP contribution in [0.5, 0.6) is 0 Å². The summed E-state index contributed by atoms with van der Waals surface area (Å²) >= 11 is 0. The summed E-state index contributed by atoms with van der Waals surface area (Å²) in [5.41, 5.74) is 7.15. The Balaban J connectivity index is 1.26. The molecule has 2 aliphatic carbocycles. The average Bonchev–Trinajstić information content (AvgIpc) is 3.35. The summed E-state index contributed by atoms with van der Waals surface area (Å²) in [5, 5.41) is 5.90. The lowest BCUT2D eigenvalue weighted by Crippen LogP contribution is -2.15. The minimum absolute atomic E-state index is 0.0637. The lowest BCUT2D eigenvalue weighted by molar-refractivity contribution is -0.117. The zero-order chi connectivity index (χ0) is 20.0. The monoisotopic (exact) mass is 382 g/mol. The summed E-state index contributed by atoms with van der Waals surface area (Å²) in [6.45, 7) is 2.08. The number of anilines is 2. The third-order valence-corrected chi connectivity index (χ3v) is 5.91. The number of nitrogens with one attached hydrogen (secondary N) is 2. The first-order valence-corrected chi connectivity index (χ1v) is 10.0. The molecule has 0 bridgehead atoms. The standard InChI is InChI=1S/C25H22N2O2/c1-15-12-23(15)25(29)26-19-8-6-16(7-9-19)24(28)27-20-10-11-22-18(14-20)13-17-4-2-3-5-21(17)22/h2-11,14-15,23H,12-13H2,1H3,(H,26,29)(H,27,28). The van der Waals surface area contributed by atoms with Crippen molar-refractivity contribution in [2.45, 2.75) is 19.8 Å². The molecule has 0 aromatic heterocycles. The minimum Gasteiger partial charge on any atom is -0.326 e. The van der Waals surface area contributed by atoms with Crippen molar-refractivity contribution in [2.24, 2.45) is 11.8 Å². The van der Waals surface area contributed by atoms with Crippen molar-refractivity contribution < 1.29 is 9.59 Å². The van der Waals surface area contributed by atoms with Crippen LogP contribution in [-0.2, 0) is 11.2 Å². The van der Waals surface area contributed by atoms with Gasteiger partial charge in [0, 0.05) is 22.9 Å². The topological polar surface area (TPSA) is 58.2 Å². The Morgan fingerprint density at radius 3 is 2.28 bits per heavy atom. The molecule has 4 heteroatoms. The highest BCUT2D eigenvalue weighted by Gasteiger charge is 2.39. The van der Waals surface area contributed by atoms with Gasteiger partial charge in [-0.2, -0.15) is 0 Å². The van der Waals surface area contributed by atoms with Gasteiger partial charge in [0.15, 0.2) is 0 Å². The van der Waals surface area contributed by atoms with Crippen LogP contribution in [0.15, 0.2) is 66.7 Å². The molecular weight excluding hydrogens is 360 g/mol. The fourth-order valence-corrected chi connectivity index (χ4v) is 4.05. The molecule has 0 spiro atoms. The summed E-state index contributed by atoms with van der Waals surface area (Å²) in [6.07, 6.45) is 1.85. The molecule has 2 unspecified atom stereocenters. The maximum absolute atomic E-state index is 12.6. The second-order valence-electron chi connectivity index (χ2n) is 8.05. The van der Waals surface area contributed by atoms with E-state index in [4.69, 9.17) is 0 Å². The lowest BCUT2D eigenvalue weighted by Gasteiger charge is -2.09. The van der Waals surface area contributed by atoms with Crippen LogP contribution in [-0.4, -0.2) is 11.8 Å². The number of benzene rings is 3. The number of hydrogen-bond acceptors (Lipinski definition) is 2. The van der Waals surface area contributed by atoms with E-state index in [1.54, 1.807) is 24.3 Å². The van der Waals surface area contributed by atoms with E-state index in [2.05, 4.69) is 54.0 Å². The van der Waals surface area contributed by atoms with Gasteiger partial charge in [-0.15, -0.1) is 0 Å². The lowest BCUT2D eigenvalue weighted by atomic mass is 10.1. The third-order valence-electron chi connectivity index (χ3n) is 5.91. The van der Waals surface area contributed by atoms with Gasteiger partial charge in [0.05, 0.1) is 0 Å². The van der Waals surface area contributed by atoms with Gasteiger partial charge < -0.3 is 10.6 Å². The predicted molar refractivity (Wildman–Crippen MR) is 115 cm³/mol. The summed E-state index contributed by atoms with van der Waals surface area (Å²) in [7, 11) is 0. The zero-order valence-corrected chi connectivity index (χ0v) is 16.2. The highest BCUT2D eigenvalue weighted by atomic mass is 16.2. The maximum atomic E-state index is 12.6. The molecule has 0 heterocycles. The second-order valence-corrected chi connectivity index (χ2v) is 8.05. The number of amides is 2. The van der Waals surface area contributed by atoms with Crippen molar-refractivity contribution >= 4 is 23.2 Å². The maximum Gasteiger partial charge on any atom is 0.255 e. The fourth-order valence-electron chi connectivity index (χ4n) is 4.05. The van der Waals surface area contributed by atoms with Crippen LogP contribution >= 0.6 is 0 Å². The van der Waals surface area contributed by atoms with Crippen molar-refractivity contribution in [1.29, 1.82) is 0 Å². The van der Waals surface area contributed by atoms with Gasteiger partial charge in [-0.25, -0.2) is 0 Å². The van der Waals surface area contributed by atoms with E-state index in [1.807, 2.05) is 6.07 Å². The van der Waals surface area contributed by atoms with Gasteiger partial charge in [-0.05, 0) is 77.4 Å². The number of carbonyl (C=O) groups excluding carboxylic acids is 2. The molecule has 1 fully saturated rings. The molecule has 4 nitrogen and oxygen atoms in total. The fraction of sp³-hybridized carbons (Fsp3) is 0.200. The van der Waals surface area contributed by atoms with E-state index < -0.39 is 0 Å². The quantitative estimate of drug-likeness (QED) is 0.516. The van der Waals surface area contributed by atoms with Crippen molar-refractivity contribution in [3.8, 4) is 11.1 Å². The molecule has 0 saturated heterocycles. The molecule has 5 rings (SSSR count). The van der Waals surface area contributed by atoms with Gasteiger partial charge in [-0.3, -0.25) is 9.59 Å². The number of carbonyl (C=O) groups is 2. The molecule has 2 amide bonds. The Bertz CT molecular complexity index is 1120. The molecule has 1 saturated carbocycles. The van der Waals surface area contributed by atoms with Crippen LogP contribution in [0.1, 0.15) is 34.8 Å². The van der Waals surface area contributed by atoms with Gasteiger partial charge in [0.25, 0.3) is 5.91 Å². The number of hydrogen-bond donors (Lipinski definition) is 2. The molecule has 0 radical (unpaired) electrons. The largest absolute Gasteiger partial charge is 0.326 e. The summed E-state index contributed by atoms with van der Waals surface area (Å²) in [5.74, 6) is 0.507. The molecular formula is C25H22N2O2.